The Labute approximate surface area is 163 Å². The van der Waals surface area contributed by atoms with E-state index in [2.05, 4.69) is 43.0 Å². The minimum Gasteiger partial charge on any atom is -0.444 e. The number of thioether (sulfide) groups is 1. The number of benzene rings is 2. The average Bonchev–Trinajstić information content (AvgIpc) is 3.30. The van der Waals surface area contributed by atoms with Gasteiger partial charge in [0.2, 0.25) is 11.0 Å². The first-order valence-electron chi connectivity index (χ1n) is 8.00. The Hall–Kier alpha value is -2.38. The molecule has 0 aliphatic heterocycles. The van der Waals surface area contributed by atoms with Gasteiger partial charge in [-0.05, 0) is 25.1 Å². The van der Waals surface area contributed by atoms with Crippen LogP contribution in [-0.4, -0.2) is 20.2 Å². The SMILES string of the molecule is Cc1ccc(-c2nc(CSc3n[nH]c(-c4ccccc4Br)n3)co2)cc1. The fraction of sp³-hybridized carbons (Fsp3) is 0.105. The second-order valence-electron chi connectivity index (χ2n) is 5.75. The molecular formula is C19H15BrN4OS. The van der Waals surface area contributed by atoms with Crippen LogP contribution in [0.15, 0.2) is 68.8 Å². The van der Waals surface area contributed by atoms with Gasteiger partial charge in [-0.1, -0.05) is 63.6 Å². The quantitative estimate of drug-likeness (QED) is 0.427. The van der Waals surface area contributed by atoms with E-state index in [1.165, 1.54) is 17.3 Å². The van der Waals surface area contributed by atoms with Gasteiger partial charge in [-0.2, -0.15) is 0 Å². The Morgan fingerprint density at radius 2 is 1.88 bits per heavy atom. The number of aryl methyl sites for hydroxylation is 1. The molecule has 5 nitrogen and oxygen atoms in total. The van der Waals surface area contributed by atoms with Crippen LogP contribution in [0.25, 0.3) is 22.8 Å². The van der Waals surface area contributed by atoms with Gasteiger partial charge in [-0.25, -0.2) is 9.97 Å². The van der Waals surface area contributed by atoms with E-state index in [9.17, 15) is 0 Å². The lowest BCUT2D eigenvalue weighted by molar-refractivity contribution is 0.573. The Balaban J connectivity index is 1.44. The highest BCUT2D eigenvalue weighted by Crippen LogP contribution is 2.28. The van der Waals surface area contributed by atoms with Crippen molar-refractivity contribution in [3.63, 3.8) is 0 Å². The summed E-state index contributed by atoms with van der Waals surface area (Å²) in [5, 5.41) is 7.93. The van der Waals surface area contributed by atoms with Gasteiger partial charge in [-0.15, -0.1) is 5.10 Å². The van der Waals surface area contributed by atoms with Crippen LogP contribution >= 0.6 is 27.7 Å². The average molecular weight is 427 g/mol. The molecule has 4 aromatic rings. The van der Waals surface area contributed by atoms with Crippen molar-refractivity contribution in [2.45, 2.75) is 17.8 Å². The molecule has 0 radical (unpaired) electrons. The molecule has 4 rings (SSSR count). The lowest BCUT2D eigenvalue weighted by atomic mass is 10.1. The topological polar surface area (TPSA) is 67.6 Å². The molecule has 1 N–H and O–H groups in total. The van der Waals surface area contributed by atoms with Crippen LogP contribution in [0, 0.1) is 6.92 Å². The number of hydrogen-bond donors (Lipinski definition) is 1. The number of rotatable bonds is 5. The molecule has 0 atom stereocenters. The fourth-order valence-corrected chi connectivity index (χ4v) is 3.57. The molecule has 130 valence electrons. The largest absolute Gasteiger partial charge is 0.444 e. The van der Waals surface area contributed by atoms with Crippen molar-refractivity contribution in [1.29, 1.82) is 0 Å². The predicted octanol–water partition coefficient (Wildman–Crippen LogP) is 5.49. The van der Waals surface area contributed by atoms with Gasteiger partial charge in [0.05, 0.1) is 5.69 Å². The second-order valence-corrected chi connectivity index (χ2v) is 7.54. The first kappa shape index (κ1) is 17.1. The third-order valence-electron chi connectivity index (χ3n) is 3.79. The summed E-state index contributed by atoms with van der Waals surface area (Å²) in [4.78, 5) is 9.08. The molecule has 2 aromatic heterocycles. The molecule has 0 saturated heterocycles. The van der Waals surface area contributed by atoms with Gasteiger partial charge in [0, 0.05) is 21.4 Å². The summed E-state index contributed by atoms with van der Waals surface area (Å²) < 4.78 is 6.57. The van der Waals surface area contributed by atoms with E-state index >= 15 is 0 Å². The van der Waals surface area contributed by atoms with E-state index in [1.807, 2.05) is 48.5 Å². The number of nitrogens with zero attached hydrogens (tertiary/aromatic N) is 3. The Kier molecular flexibility index (Phi) is 4.90. The van der Waals surface area contributed by atoms with Crippen molar-refractivity contribution in [3.8, 4) is 22.8 Å². The van der Waals surface area contributed by atoms with Crippen molar-refractivity contribution in [2.24, 2.45) is 0 Å². The summed E-state index contributed by atoms with van der Waals surface area (Å²) in [6.45, 7) is 2.06. The zero-order valence-corrected chi connectivity index (χ0v) is 16.3. The molecule has 0 aliphatic rings. The summed E-state index contributed by atoms with van der Waals surface area (Å²) in [5.41, 5.74) is 4.02. The summed E-state index contributed by atoms with van der Waals surface area (Å²) >= 11 is 5.04. The van der Waals surface area contributed by atoms with Crippen molar-refractivity contribution < 1.29 is 4.42 Å². The van der Waals surface area contributed by atoms with E-state index in [0.717, 1.165) is 27.1 Å². The highest BCUT2D eigenvalue weighted by molar-refractivity contribution is 9.10. The number of aromatic amines is 1. The van der Waals surface area contributed by atoms with Gasteiger partial charge in [0.15, 0.2) is 5.82 Å². The highest BCUT2D eigenvalue weighted by Gasteiger charge is 2.11. The molecule has 0 bridgehead atoms. The molecule has 0 saturated carbocycles. The highest BCUT2D eigenvalue weighted by atomic mass is 79.9. The summed E-state index contributed by atoms with van der Waals surface area (Å²) in [5.74, 6) is 2.01. The molecule has 2 aromatic carbocycles. The summed E-state index contributed by atoms with van der Waals surface area (Å²) in [6, 6.07) is 16.0. The predicted molar refractivity (Wildman–Crippen MR) is 106 cm³/mol. The Morgan fingerprint density at radius 3 is 2.69 bits per heavy atom. The van der Waals surface area contributed by atoms with Crippen LogP contribution in [0.3, 0.4) is 0 Å². The third-order valence-corrected chi connectivity index (χ3v) is 5.37. The zero-order chi connectivity index (χ0) is 17.9. The third kappa shape index (κ3) is 3.73. The molecular weight excluding hydrogens is 412 g/mol. The maximum absolute atomic E-state index is 5.59. The lowest BCUT2D eigenvalue weighted by Crippen LogP contribution is -1.84. The van der Waals surface area contributed by atoms with E-state index in [1.54, 1.807) is 6.26 Å². The van der Waals surface area contributed by atoms with Crippen LogP contribution in [0.2, 0.25) is 0 Å². The maximum Gasteiger partial charge on any atom is 0.226 e. The smallest absolute Gasteiger partial charge is 0.226 e. The van der Waals surface area contributed by atoms with Crippen LogP contribution < -0.4 is 0 Å². The number of oxazole rings is 1. The van der Waals surface area contributed by atoms with Gasteiger partial charge >= 0.3 is 0 Å². The zero-order valence-electron chi connectivity index (χ0n) is 13.9. The minimum absolute atomic E-state index is 0.629. The van der Waals surface area contributed by atoms with Gasteiger partial charge in [0.25, 0.3) is 0 Å². The molecule has 0 amide bonds. The van der Waals surface area contributed by atoms with E-state index in [4.69, 9.17) is 4.42 Å². The van der Waals surface area contributed by atoms with Gasteiger partial charge in [-0.3, -0.25) is 5.10 Å². The minimum atomic E-state index is 0.629. The van der Waals surface area contributed by atoms with Gasteiger partial charge in [0.1, 0.15) is 6.26 Å². The van der Waals surface area contributed by atoms with Crippen molar-refractivity contribution in [2.75, 3.05) is 0 Å². The maximum atomic E-state index is 5.59. The number of H-pyrrole nitrogens is 1. The van der Waals surface area contributed by atoms with Crippen LogP contribution in [0.5, 0.6) is 0 Å². The van der Waals surface area contributed by atoms with E-state index in [0.29, 0.717) is 16.8 Å². The first-order chi connectivity index (χ1) is 12.7. The molecule has 26 heavy (non-hydrogen) atoms. The van der Waals surface area contributed by atoms with Crippen LogP contribution in [0.4, 0.5) is 0 Å². The molecule has 0 spiro atoms. The van der Waals surface area contributed by atoms with Crippen molar-refractivity contribution in [1.82, 2.24) is 20.2 Å². The van der Waals surface area contributed by atoms with Crippen molar-refractivity contribution >= 4 is 27.7 Å². The lowest BCUT2D eigenvalue weighted by Gasteiger charge is -1.98. The summed E-state index contributed by atoms with van der Waals surface area (Å²) in [6.07, 6.45) is 1.68. The van der Waals surface area contributed by atoms with Crippen LogP contribution in [0.1, 0.15) is 11.3 Å². The Bertz CT molecular complexity index is 1030. The van der Waals surface area contributed by atoms with Crippen LogP contribution in [-0.2, 0) is 5.75 Å². The molecule has 0 fully saturated rings. The van der Waals surface area contributed by atoms with E-state index in [-0.39, 0.29) is 0 Å². The number of nitrogens with one attached hydrogen (secondary N) is 1. The molecule has 7 heteroatoms. The Morgan fingerprint density at radius 1 is 1.08 bits per heavy atom. The monoisotopic (exact) mass is 426 g/mol. The second kappa shape index (κ2) is 7.47. The standard InChI is InChI=1S/C19H15BrN4OS/c1-12-6-8-13(9-7-12)18-21-14(10-25-18)11-26-19-22-17(23-24-19)15-4-2-3-5-16(15)20/h2-10H,11H2,1H3,(H,22,23,24). The molecule has 2 heterocycles. The van der Waals surface area contributed by atoms with Gasteiger partial charge < -0.3 is 4.42 Å². The van der Waals surface area contributed by atoms with E-state index < -0.39 is 0 Å². The molecule has 0 aliphatic carbocycles. The number of hydrogen-bond acceptors (Lipinski definition) is 5. The number of halogens is 1. The first-order valence-corrected chi connectivity index (χ1v) is 9.78. The fourth-order valence-electron chi connectivity index (χ4n) is 2.43. The number of aromatic nitrogens is 4. The molecule has 0 unspecified atom stereocenters. The van der Waals surface area contributed by atoms with Crippen molar-refractivity contribution in [3.05, 3.63) is 70.5 Å². The summed E-state index contributed by atoms with van der Waals surface area (Å²) in [7, 11) is 0. The normalized spacial score (nSPS) is 11.0.